The van der Waals surface area contributed by atoms with Gasteiger partial charge in [0, 0.05) is 37.6 Å². The molecule has 1 aromatic heterocycles. The Labute approximate surface area is 149 Å². The van der Waals surface area contributed by atoms with Crippen LogP contribution in [-0.4, -0.2) is 41.0 Å². The van der Waals surface area contributed by atoms with E-state index in [4.69, 9.17) is 0 Å². The largest absolute Gasteiger partial charge is 0.350 e. The maximum absolute atomic E-state index is 4.48. The van der Waals surface area contributed by atoms with Crippen LogP contribution in [0.5, 0.6) is 0 Å². The van der Waals surface area contributed by atoms with Crippen LogP contribution in [0.2, 0.25) is 0 Å². The van der Waals surface area contributed by atoms with Gasteiger partial charge in [-0.05, 0) is 49.9 Å². The molecule has 2 fully saturated rings. The lowest BCUT2D eigenvalue weighted by molar-refractivity contribution is 0.194. The standard InChI is InChI=1S/C20H27N5/c1-2-4-17(5-3-1)12-22-19-23-13-18(14-24-19)15-25-11-8-20(16-25)6-9-21-10-7-20/h1-5,13-14,21H,6-12,15-16H2,(H,22,23,24). The molecule has 2 saturated heterocycles. The third-order valence-electron chi connectivity index (χ3n) is 5.59. The van der Waals surface area contributed by atoms with Crippen LogP contribution < -0.4 is 10.6 Å². The number of nitrogens with zero attached hydrogens (tertiary/aromatic N) is 3. The van der Waals surface area contributed by atoms with E-state index in [-0.39, 0.29) is 0 Å². The van der Waals surface area contributed by atoms with Gasteiger partial charge in [0.15, 0.2) is 0 Å². The van der Waals surface area contributed by atoms with Crippen molar-refractivity contribution in [3.05, 3.63) is 53.9 Å². The van der Waals surface area contributed by atoms with E-state index in [0.29, 0.717) is 11.4 Å². The number of piperidine rings is 1. The Morgan fingerprint density at radius 3 is 2.52 bits per heavy atom. The Bertz CT molecular complexity index is 664. The van der Waals surface area contributed by atoms with E-state index in [0.717, 1.165) is 13.1 Å². The lowest BCUT2D eigenvalue weighted by Gasteiger charge is -2.33. The zero-order valence-corrected chi connectivity index (χ0v) is 14.7. The van der Waals surface area contributed by atoms with Crippen LogP contribution in [0, 0.1) is 5.41 Å². The number of hydrogen-bond donors (Lipinski definition) is 2. The first-order valence-corrected chi connectivity index (χ1v) is 9.33. The fourth-order valence-corrected chi connectivity index (χ4v) is 4.09. The molecule has 4 rings (SSSR count). The minimum atomic E-state index is 0.559. The summed E-state index contributed by atoms with van der Waals surface area (Å²) in [5.41, 5.74) is 3.00. The summed E-state index contributed by atoms with van der Waals surface area (Å²) in [6.07, 6.45) is 7.92. The van der Waals surface area contributed by atoms with Gasteiger partial charge in [0.25, 0.3) is 0 Å². The molecular formula is C20H27N5. The van der Waals surface area contributed by atoms with Crippen LogP contribution in [0.15, 0.2) is 42.7 Å². The summed E-state index contributed by atoms with van der Waals surface area (Å²) in [6, 6.07) is 10.3. The van der Waals surface area contributed by atoms with Crippen LogP contribution in [0.3, 0.4) is 0 Å². The number of aromatic nitrogens is 2. The average molecular weight is 337 g/mol. The highest BCUT2D eigenvalue weighted by molar-refractivity contribution is 5.28. The van der Waals surface area contributed by atoms with Crippen molar-refractivity contribution in [2.24, 2.45) is 5.41 Å². The molecular weight excluding hydrogens is 310 g/mol. The first-order valence-electron chi connectivity index (χ1n) is 9.33. The highest BCUT2D eigenvalue weighted by Crippen LogP contribution is 2.38. The van der Waals surface area contributed by atoms with E-state index in [9.17, 15) is 0 Å². The van der Waals surface area contributed by atoms with Crippen LogP contribution >= 0.6 is 0 Å². The molecule has 25 heavy (non-hydrogen) atoms. The third kappa shape index (κ3) is 4.17. The molecule has 3 heterocycles. The SMILES string of the molecule is c1ccc(CNc2ncc(CN3CCC4(CCNCC4)C3)cn2)cc1. The first kappa shape index (κ1) is 16.5. The molecule has 0 saturated carbocycles. The molecule has 2 aliphatic rings. The summed E-state index contributed by atoms with van der Waals surface area (Å²) < 4.78 is 0. The minimum absolute atomic E-state index is 0.559. The average Bonchev–Trinajstić information content (AvgIpc) is 3.04. The van der Waals surface area contributed by atoms with Gasteiger partial charge in [-0.2, -0.15) is 0 Å². The molecule has 0 radical (unpaired) electrons. The number of anilines is 1. The van der Waals surface area contributed by atoms with Gasteiger partial charge < -0.3 is 10.6 Å². The maximum atomic E-state index is 4.48. The van der Waals surface area contributed by atoms with Crippen LogP contribution in [0.25, 0.3) is 0 Å². The number of hydrogen-bond acceptors (Lipinski definition) is 5. The summed E-state index contributed by atoms with van der Waals surface area (Å²) in [7, 11) is 0. The van der Waals surface area contributed by atoms with Crippen LogP contribution in [0.1, 0.15) is 30.4 Å². The van der Waals surface area contributed by atoms with Gasteiger partial charge in [-0.1, -0.05) is 30.3 Å². The van der Waals surface area contributed by atoms with Crippen molar-refractivity contribution >= 4 is 5.95 Å². The van der Waals surface area contributed by atoms with E-state index in [1.54, 1.807) is 0 Å². The number of nitrogens with one attached hydrogen (secondary N) is 2. The molecule has 2 aromatic rings. The van der Waals surface area contributed by atoms with Crippen molar-refractivity contribution < 1.29 is 0 Å². The van der Waals surface area contributed by atoms with Crippen molar-refractivity contribution in [1.29, 1.82) is 0 Å². The second-order valence-electron chi connectivity index (χ2n) is 7.46. The van der Waals surface area contributed by atoms with Gasteiger partial charge in [0.2, 0.25) is 5.95 Å². The number of likely N-dealkylation sites (tertiary alicyclic amines) is 1. The summed E-state index contributed by atoms with van der Waals surface area (Å²) >= 11 is 0. The van der Waals surface area contributed by atoms with Crippen molar-refractivity contribution in [2.75, 3.05) is 31.5 Å². The van der Waals surface area contributed by atoms with Crippen molar-refractivity contribution in [3.63, 3.8) is 0 Å². The van der Waals surface area contributed by atoms with Crippen LogP contribution in [-0.2, 0) is 13.1 Å². The highest BCUT2D eigenvalue weighted by Gasteiger charge is 2.38. The zero-order valence-electron chi connectivity index (χ0n) is 14.7. The third-order valence-corrected chi connectivity index (χ3v) is 5.59. The van der Waals surface area contributed by atoms with E-state index in [2.05, 4.69) is 37.6 Å². The molecule has 0 atom stereocenters. The fraction of sp³-hybridized carbons (Fsp3) is 0.500. The molecule has 5 heteroatoms. The van der Waals surface area contributed by atoms with Crippen molar-refractivity contribution in [3.8, 4) is 0 Å². The fourth-order valence-electron chi connectivity index (χ4n) is 4.09. The molecule has 1 spiro atoms. The monoisotopic (exact) mass is 337 g/mol. The molecule has 132 valence electrons. The quantitative estimate of drug-likeness (QED) is 0.878. The van der Waals surface area contributed by atoms with Gasteiger partial charge in [-0.25, -0.2) is 9.97 Å². The Morgan fingerprint density at radius 1 is 1.00 bits per heavy atom. The van der Waals surface area contributed by atoms with Crippen molar-refractivity contribution in [2.45, 2.75) is 32.4 Å². The summed E-state index contributed by atoms with van der Waals surface area (Å²) in [5.74, 6) is 0.698. The molecule has 0 unspecified atom stereocenters. The molecule has 0 amide bonds. The molecule has 0 bridgehead atoms. The molecule has 1 aromatic carbocycles. The van der Waals surface area contributed by atoms with Gasteiger partial charge in [0.1, 0.15) is 0 Å². The van der Waals surface area contributed by atoms with Gasteiger partial charge in [0.05, 0.1) is 0 Å². The highest BCUT2D eigenvalue weighted by atomic mass is 15.2. The summed E-state index contributed by atoms with van der Waals surface area (Å²) in [6.45, 7) is 6.51. The van der Waals surface area contributed by atoms with Gasteiger partial charge in [-0.15, -0.1) is 0 Å². The van der Waals surface area contributed by atoms with Gasteiger partial charge in [-0.3, -0.25) is 4.90 Å². The normalized spacial score (nSPS) is 20.0. The second-order valence-corrected chi connectivity index (χ2v) is 7.46. The lowest BCUT2D eigenvalue weighted by atomic mass is 9.78. The first-order chi connectivity index (χ1) is 12.3. The maximum Gasteiger partial charge on any atom is 0.222 e. The van der Waals surface area contributed by atoms with E-state index in [1.807, 2.05) is 30.6 Å². The molecule has 2 N–H and O–H groups in total. The van der Waals surface area contributed by atoms with Crippen LogP contribution in [0.4, 0.5) is 5.95 Å². The summed E-state index contributed by atoms with van der Waals surface area (Å²) in [4.78, 5) is 11.5. The van der Waals surface area contributed by atoms with E-state index >= 15 is 0 Å². The Balaban J connectivity index is 1.29. The van der Waals surface area contributed by atoms with Crippen molar-refractivity contribution in [1.82, 2.24) is 20.2 Å². The number of rotatable bonds is 5. The second kappa shape index (κ2) is 7.50. The molecule has 0 aliphatic carbocycles. The topological polar surface area (TPSA) is 53.1 Å². The molecule has 2 aliphatic heterocycles. The predicted octanol–water partition coefficient (Wildman–Crippen LogP) is 2.66. The smallest absolute Gasteiger partial charge is 0.222 e. The Morgan fingerprint density at radius 2 is 1.76 bits per heavy atom. The molecule has 5 nitrogen and oxygen atoms in total. The Kier molecular flexibility index (Phi) is 4.95. The number of benzene rings is 1. The van der Waals surface area contributed by atoms with E-state index in [1.165, 1.54) is 56.6 Å². The summed E-state index contributed by atoms with van der Waals surface area (Å²) in [5, 5.41) is 6.77. The van der Waals surface area contributed by atoms with Gasteiger partial charge >= 0.3 is 0 Å². The lowest BCUT2D eigenvalue weighted by Crippen LogP contribution is -2.38. The van der Waals surface area contributed by atoms with E-state index < -0.39 is 0 Å². The Hall–Kier alpha value is -1.98. The zero-order chi connectivity index (χ0) is 17.0. The predicted molar refractivity (Wildman–Crippen MR) is 100 cm³/mol. The minimum Gasteiger partial charge on any atom is -0.350 e.